The maximum absolute atomic E-state index is 6.57. The summed E-state index contributed by atoms with van der Waals surface area (Å²) in [5, 5.41) is 7.15. The van der Waals surface area contributed by atoms with Gasteiger partial charge in [-0.25, -0.2) is 0 Å². The Hall–Kier alpha value is -7.72. The van der Waals surface area contributed by atoms with Crippen molar-refractivity contribution in [2.24, 2.45) is 0 Å². The van der Waals surface area contributed by atoms with Crippen molar-refractivity contribution < 1.29 is 4.42 Å². The summed E-state index contributed by atoms with van der Waals surface area (Å²) in [6, 6.07) is 81.2. The predicted molar refractivity (Wildman–Crippen MR) is 261 cm³/mol. The quantitative estimate of drug-likeness (QED) is 0.160. The number of benzene rings is 10. The zero-order valence-corrected chi connectivity index (χ0v) is 33.9. The molecule has 0 spiro atoms. The van der Waals surface area contributed by atoms with Gasteiger partial charge in [-0.3, -0.25) is 0 Å². The van der Waals surface area contributed by atoms with Crippen LogP contribution >= 0.6 is 11.3 Å². The first-order chi connectivity index (χ1) is 30.2. The highest BCUT2D eigenvalue weighted by Gasteiger charge is 2.22. The molecule has 0 amide bonds. The van der Waals surface area contributed by atoms with Gasteiger partial charge in [0.1, 0.15) is 11.2 Å². The fourth-order valence-corrected chi connectivity index (χ4v) is 10.4. The Kier molecular flexibility index (Phi) is 8.39. The molecule has 61 heavy (non-hydrogen) atoms. The van der Waals surface area contributed by atoms with E-state index in [0.717, 1.165) is 44.6 Å². The van der Waals surface area contributed by atoms with Crippen LogP contribution in [0.3, 0.4) is 0 Å². The lowest BCUT2D eigenvalue weighted by molar-refractivity contribution is 0.669. The summed E-state index contributed by atoms with van der Waals surface area (Å²) in [6.07, 6.45) is 0. The molecule has 0 aliphatic carbocycles. The molecule has 0 aliphatic heterocycles. The fraction of sp³-hybridized carbons (Fsp3) is 0. The van der Waals surface area contributed by atoms with Crippen molar-refractivity contribution in [3.63, 3.8) is 0 Å². The van der Waals surface area contributed by atoms with Gasteiger partial charge in [0.25, 0.3) is 0 Å². The van der Waals surface area contributed by atoms with Crippen LogP contribution in [0.5, 0.6) is 0 Å². The van der Waals surface area contributed by atoms with Crippen molar-refractivity contribution in [2.75, 3.05) is 4.90 Å². The molecule has 0 saturated carbocycles. The molecule has 0 saturated heterocycles. The van der Waals surface area contributed by atoms with Gasteiger partial charge in [-0.15, -0.1) is 11.3 Å². The van der Waals surface area contributed by atoms with Crippen LogP contribution < -0.4 is 4.90 Å². The van der Waals surface area contributed by atoms with Gasteiger partial charge < -0.3 is 9.32 Å². The minimum Gasteiger partial charge on any atom is -0.456 e. The second-order valence-electron chi connectivity index (χ2n) is 15.7. The molecule has 0 unspecified atom stereocenters. The van der Waals surface area contributed by atoms with Crippen molar-refractivity contribution >= 4 is 81.3 Å². The topological polar surface area (TPSA) is 16.4 Å². The van der Waals surface area contributed by atoms with Gasteiger partial charge >= 0.3 is 0 Å². The second-order valence-corrected chi connectivity index (χ2v) is 16.7. The maximum atomic E-state index is 6.57. The van der Waals surface area contributed by atoms with E-state index in [4.69, 9.17) is 4.42 Å². The van der Waals surface area contributed by atoms with E-state index in [1.54, 1.807) is 0 Å². The second kappa shape index (κ2) is 14.5. The number of rotatable bonds is 7. The number of hydrogen-bond acceptors (Lipinski definition) is 3. The van der Waals surface area contributed by atoms with E-state index < -0.39 is 0 Å². The van der Waals surface area contributed by atoms with Crippen LogP contribution in [0.15, 0.2) is 229 Å². The van der Waals surface area contributed by atoms with Crippen molar-refractivity contribution in [3.05, 3.63) is 224 Å². The van der Waals surface area contributed by atoms with Crippen LogP contribution in [-0.4, -0.2) is 0 Å². The van der Waals surface area contributed by atoms with Crippen molar-refractivity contribution in [2.45, 2.75) is 0 Å². The Morgan fingerprint density at radius 3 is 1.62 bits per heavy atom. The van der Waals surface area contributed by atoms with Crippen LogP contribution in [0.25, 0.3) is 97.4 Å². The summed E-state index contributed by atoms with van der Waals surface area (Å²) in [7, 11) is 0. The van der Waals surface area contributed by atoms with Crippen LogP contribution in [0.1, 0.15) is 0 Å². The molecule has 2 heterocycles. The summed E-state index contributed by atoms with van der Waals surface area (Å²) < 4.78 is 9.11. The number of furan rings is 1. The van der Waals surface area contributed by atoms with Gasteiger partial charge in [0.05, 0.1) is 5.69 Å². The zero-order valence-electron chi connectivity index (χ0n) is 33.1. The average molecular weight is 796 g/mol. The zero-order chi connectivity index (χ0) is 40.3. The lowest BCUT2D eigenvalue weighted by Gasteiger charge is -2.27. The number of nitrogens with zero attached hydrogens (tertiary/aromatic N) is 1. The molecular formula is C58H37NOS. The molecule has 0 N–H and O–H groups in total. The van der Waals surface area contributed by atoms with E-state index in [1.807, 2.05) is 11.3 Å². The van der Waals surface area contributed by atoms with E-state index in [9.17, 15) is 0 Å². The summed E-state index contributed by atoms with van der Waals surface area (Å²) in [4.78, 5) is 2.44. The average Bonchev–Trinajstić information content (AvgIpc) is 3.91. The third-order valence-electron chi connectivity index (χ3n) is 12.1. The Labute approximate surface area is 357 Å². The van der Waals surface area contributed by atoms with E-state index in [1.165, 1.54) is 69.9 Å². The fourth-order valence-electron chi connectivity index (χ4n) is 9.11. The Morgan fingerprint density at radius 2 is 0.918 bits per heavy atom. The molecule has 0 atom stereocenters. The molecule has 2 nitrogen and oxygen atoms in total. The third-order valence-corrected chi connectivity index (χ3v) is 13.3. The van der Waals surface area contributed by atoms with E-state index in [0.29, 0.717) is 0 Å². The lowest BCUT2D eigenvalue weighted by atomic mass is 9.91. The number of hydrogen-bond donors (Lipinski definition) is 0. The molecule has 10 aromatic carbocycles. The first-order valence-electron chi connectivity index (χ1n) is 20.7. The van der Waals surface area contributed by atoms with Gasteiger partial charge in [0.15, 0.2) is 0 Å². The summed E-state index contributed by atoms with van der Waals surface area (Å²) in [5.74, 6) is 0. The van der Waals surface area contributed by atoms with Crippen LogP contribution in [0.2, 0.25) is 0 Å². The summed E-state index contributed by atoms with van der Waals surface area (Å²) in [6.45, 7) is 0. The SMILES string of the molecule is c1ccc(-c2ccc3c(c2)oc2ccc(N(c4ccc(-c5cc6ccccc6cc5-c5ccccc5)cc4)c4ccc(-c5ccccc5)c5sc6ccccc6c45)cc23)cc1. The molecule has 12 aromatic rings. The largest absolute Gasteiger partial charge is 0.456 e. The molecule has 2 aromatic heterocycles. The first kappa shape index (κ1) is 35.2. The Morgan fingerprint density at radius 1 is 0.344 bits per heavy atom. The molecule has 12 rings (SSSR count). The molecule has 0 fully saturated rings. The molecular weight excluding hydrogens is 759 g/mol. The lowest BCUT2D eigenvalue weighted by Crippen LogP contribution is -2.10. The molecule has 3 heteroatoms. The van der Waals surface area contributed by atoms with E-state index in [-0.39, 0.29) is 0 Å². The first-order valence-corrected chi connectivity index (χ1v) is 21.6. The number of anilines is 3. The summed E-state index contributed by atoms with van der Waals surface area (Å²) in [5.41, 5.74) is 14.6. The van der Waals surface area contributed by atoms with Crippen molar-refractivity contribution in [1.82, 2.24) is 0 Å². The van der Waals surface area contributed by atoms with E-state index >= 15 is 0 Å². The Bertz CT molecular complexity index is 3570. The molecule has 286 valence electrons. The Balaban J connectivity index is 1.07. The highest BCUT2D eigenvalue weighted by molar-refractivity contribution is 7.26. The highest BCUT2D eigenvalue weighted by Crippen LogP contribution is 2.49. The maximum Gasteiger partial charge on any atom is 0.136 e. The molecule has 0 radical (unpaired) electrons. The number of fused-ring (bicyclic) bond motifs is 7. The summed E-state index contributed by atoms with van der Waals surface area (Å²) >= 11 is 1.87. The number of thiophene rings is 1. The van der Waals surface area contributed by atoms with Gasteiger partial charge in [0, 0.05) is 42.3 Å². The molecule has 0 bridgehead atoms. The smallest absolute Gasteiger partial charge is 0.136 e. The van der Waals surface area contributed by atoms with Crippen LogP contribution in [0.4, 0.5) is 17.1 Å². The highest BCUT2D eigenvalue weighted by atomic mass is 32.1. The monoisotopic (exact) mass is 795 g/mol. The van der Waals surface area contributed by atoms with E-state index in [2.05, 4.69) is 229 Å². The minimum atomic E-state index is 0.870. The predicted octanol–water partition coefficient (Wildman–Crippen LogP) is 17.2. The van der Waals surface area contributed by atoms with Gasteiger partial charge in [-0.1, -0.05) is 158 Å². The van der Waals surface area contributed by atoms with Crippen molar-refractivity contribution in [3.8, 4) is 44.5 Å². The van der Waals surface area contributed by atoms with Gasteiger partial charge in [-0.2, -0.15) is 0 Å². The third kappa shape index (κ3) is 6.09. The van der Waals surface area contributed by atoms with Gasteiger partial charge in [-0.05, 0) is 122 Å². The minimum absolute atomic E-state index is 0.870. The van der Waals surface area contributed by atoms with Gasteiger partial charge in [0.2, 0.25) is 0 Å². The normalized spacial score (nSPS) is 11.6. The van der Waals surface area contributed by atoms with Crippen molar-refractivity contribution in [1.29, 1.82) is 0 Å². The standard InChI is InChI=1S/C58H37NOS/c1-4-14-38(15-5-1)44-26-30-48-52-37-46(29-33-54(52)60-55(48)36-44)59(53-32-31-47(39-16-6-2-7-17-39)58-57(53)49-22-12-13-23-56(49)61-58)45-27-24-41(25-28-45)51-35-43-21-11-10-20-42(43)34-50(51)40-18-8-3-9-19-40/h1-37H. The van der Waals surface area contributed by atoms with Crippen LogP contribution in [-0.2, 0) is 0 Å². The van der Waals surface area contributed by atoms with Crippen LogP contribution in [0, 0.1) is 0 Å². The molecule has 0 aliphatic rings.